The highest BCUT2D eigenvalue weighted by molar-refractivity contribution is 7.18. The molecular weight excluding hydrogens is 316 g/mol. The van der Waals surface area contributed by atoms with Crippen LogP contribution < -0.4 is 0 Å². The molecule has 0 saturated heterocycles. The zero-order valence-corrected chi connectivity index (χ0v) is 15.4. The van der Waals surface area contributed by atoms with Crippen molar-refractivity contribution < 1.29 is 0 Å². The van der Waals surface area contributed by atoms with Crippen LogP contribution in [0.15, 0.2) is 29.4 Å². The summed E-state index contributed by atoms with van der Waals surface area (Å²) >= 11 is 1.79. The fraction of sp³-hybridized carbons (Fsp3) is 0.316. The molecular formula is C19H22N4S. The maximum absolute atomic E-state index is 4.84. The lowest BCUT2D eigenvalue weighted by molar-refractivity contribution is 0.654. The van der Waals surface area contributed by atoms with Gasteiger partial charge in [-0.1, -0.05) is 13.8 Å². The molecule has 0 amide bonds. The van der Waals surface area contributed by atoms with Gasteiger partial charge in [0.05, 0.1) is 5.69 Å². The highest BCUT2D eigenvalue weighted by Crippen LogP contribution is 2.29. The number of hydrogen-bond acceptors (Lipinski definition) is 4. The molecule has 0 aliphatic rings. The second kappa shape index (κ2) is 6.69. The zero-order chi connectivity index (χ0) is 17.3. The Morgan fingerprint density at radius 2 is 2.21 bits per heavy atom. The fourth-order valence-corrected chi connectivity index (χ4v) is 3.96. The Balaban J connectivity index is 1.95. The average molecular weight is 338 g/mol. The molecule has 0 aliphatic carbocycles. The predicted octanol–water partition coefficient (Wildman–Crippen LogP) is 5.12. The van der Waals surface area contributed by atoms with Gasteiger partial charge in [-0.15, -0.1) is 11.3 Å². The lowest BCUT2D eigenvalue weighted by atomic mass is 10.1. The third-order valence-corrected chi connectivity index (χ3v) is 4.87. The van der Waals surface area contributed by atoms with Crippen molar-refractivity contribution in [3.8, 4) is 0 Å². The smallest absolute Gasteiger partial charge is 0.180 e. The summed E-state index contributed by atoms with van der Waals surface area (Å²) < 4.78 is 1.75. The van der Waals surface area contributed by atoms with Gasteiger partial charge in [-0.05, 0) is 55.8 Å². The maximum Gasteiger partial charge on any atom is 0.180 e. The van der Waals surface area contributed by atoms with Crippen LogP contribution in [-0.2, 0) is 13.5 Å². The second-order valence-corrected chi connectivity index (χ2v) is 7.58. The molecule has 3 aromatic rings. The summed E-state index contributed by atoms with van der Waals surface area (Å²) in [6.45, 7) is 10.1. The minimum atomic E-state index is 0.647. The van der Waals surface area contributed by atoms with Gasteiger partial charge in [0.2, 0.25) is 0 Å². The quantitative estimate of drug-likeness (QED) is 0.606. The number of hydrogen-bond donors (Lipinski definition) is 0. The molecule has 0 spiro atoms. The summed E-state index contributed by atoms with van der Waals surface area (Å²) in [6, 6.07) is 6.50. The van der Waals surface area contributed by atoms with Crippen molar-refractivity contribution >= 4 is 45.7 Å². The largest absolute Gasteiger partial charge is 0.273 e. The highest BCUT2D eigenvalue weighted by atomic mass is 32.1. The predicted molar refractivity (Wildman–Crippen MR) is 104 cm³/mol. The molecule has 3 rings (SSSR count). The van der Waals surface area contributed by atoms with Crippen LogP contribution in [0.25, 0.3) is 21.9 Å². The minimum absolute atomic E-state index is 0.647. The number of nitrogens with zero attached hydrogens (tertiary/aromatic N) is 4. The molecule has 124 valence electrons. The number of thiophene rings is 1. The molecule has 0 atom stereocenters. The fourth-order valence-electron chi connectivity index (χ4n) is 2.72. The van der Waals surface area contributed by atoms with Crippen LogP contribution in [0.1, 0.15) is 36.9 Å². The van der Waals surface area contributed by atoms with Gasteiger partial charge in [-0.25, -0.2) is 9.98 Å². The van der Waals surface area contributed by atoms with Gasteiger partial charge >= 0.3 is 0 Å². The summed E-state index contributed by atoms with van der Waals surface area (Å²) in [5, 5.41) is 5.51. The van der Waals surface area contributed by atoms with E-state index in [-0.39, 0.29) is 0 Å². The van der Waals surface area contributed by atoms with E-state index in [1.807, 2.05) is 13.2 Å². The zero-order valence-electron chi connectivity index (χ0n) is 14.6. The Kier molecular flexibility index (Phi) is 4.62. The van der Waals surface area contributed by atoms with E-state index >= 15 is 0 Å². The number of rotatable bonds is 5. The Labute approximate surface area is 146 Å². The van der Waals surface area contributed by atoms with Crippen LogP contribution in [-0.4, -0.2) is 21.5 Å². The third-order valence-electron chi connectivity index (χ3n) is 3.81. The van der Waals surface area contributed by atoms with E-state index in [1.54, 1.807) is 16.0 Å². The minimum Gasteiger partial charge on any atom is -0.273 e. The van der Waals surface area contributed by atoms with Gasteiger partial charge in [-0.3, -0.25) is 4.68 Å². The SMILES string of the molecule is C=Nc1nn(C)cc1/C=C(\C)c1ccc2cc(CC(C)C)sc2n1. The van der Waals surface area contributed by atoms with E-state index in [4.69, 9.17) is 4.98 Å². The van der Waals surface area contributed by atoms with Crippen LogP contribution in [0, 0.1) is 5.92 Å². The molecule has 5 heteroatoms. The molecule has 0 aromatic carbocycles. The standard InChI is InChI=1S/C19H22N4S/c1-12(2)8-16-10-14-6-7-17(21-19(14)24-16)13(3)9-15-11-23(5)22-18(15)20-4/h6-7,9-12H,4,8H2,1-3,5H3/b13-9+. The maximum atomic E-state index is 4.84. The van der Waals surface area contributed by atoms with Crippen molar-refractivity contribution in [2.75, 3.05) is 0 Å². The normalized spacial score (nSPS) is 12.3. The van der Waals surface area contributed by atoms with Crippen LogP contribution in [0.3, 0.4) is 0 Å². The van der Waals surface area contributed by atoms with Gasteiger partial charge in [0, 0.05) is 29.1 Å². The first-order chi connectivity index (χ1) is 11.5. The van der Waals surface area contributed by atoms with Crippen molar-refractivity contribution in [2.45, 2.75) is 27.2 Å². The first-order valence-electron chi connectivity index (χ1n) is 8.04. The van der Waals surface area contributed by atoms with Crippen LogP contribution in [0.4, 0.5) is 5.82 Å². The Hall–Kier alpha value is -2.27. The van der Waals surface area contributed by atoms with Crippen molar-refractivity contribution in [3.05, 3.63) is 40.5 Å². The molecule has 0 aliphatic heterocycles. The molecule has 0 N–H and O–H groups in total. The summed E-state index contributed by atoms with van der Waals surface area (Å²) in [7, 11) is 1.88. The molecule has 0 fully saturated rings. The Morgan fingerprint density at radius 1 is 1.42 bits per heavy atom. The number of fused-ring (bicyclic) bond motifs is 1. The van der Waals surface area contributed by atoms with E-state index in [2.05, 4.69) is 61.9 Å². The highest BCUT2D eigenvalue weighted by Gasteiger charge is 2.09. The molecule has 0 radical (unpaired) electrons. The molecule has 0 saturated carbocycles. The topological polar surface area (TPSA) is 43.1 Å². The van der Waals surface area contributed by atoms with E-state index in [9.17, 15) is 0 Å². The van der Waals surface area contributed by atoms with Crippen molar-refractivity contribution in [1.29, 1.82) is 0 Å². The van der Waals surface area contributed by atoms with Gasteiger partial charge in [0.1, 0.15) is 4.83 Å². The summed E-state index contributed by atoms with van der Waals surface area (Å²) in [5.74, 6) is 1.31. The number of aryl methyl sites for hydroxylation is 1. The summed E-state index contributed by atoms with van der Waals surface area (Å²) in [4.78, 5) is 11.3. The van der Waals surface area contributed by atoms with E-state index in [1.165, 1.54) is 10.3 Å². The van der Waals surface area contributed by atoms with E-state index < -0.39 is 0 Å². The molecule has 3 aromatic heterocycles. The van der Waals surface area contributed by atoms with Crippen molar-refractivity contribution in [1.82, 2.24) is 14.8 Å². The van der Waals surface area contributed by atoms with Crippen molar-refractivity contribution in [3.63, 3.8) is 0 Å². The number of aromatic nitrogens is 3. The van der Waals surface area contributed by atoms with Gasteiger partial charge in [0.15, 0.2) is 5.82 Å². The summed E-state index contributed by atoms with van der Waals surface area (Å²) in [5.41, 5.74) is 3.03. The molecule has 3 heterocycles. The first kappa shape index (κ1) is 16.6. The lowest BCUT2D eigenvalue weighted by Gasteiger charge is -2.01. The van der Waals surface area contributed by atoms with Crippen molar-refractivity contribution in [2.24, 2.45) is 18.0 Å². The average Bonchev–Trinajstić information content (AvgIpc) is 3.07. The van der Waals surface area contributed by atoms with Crippen LogP contribution in [0.2, 0.25) is 0 Å². The van der Waals surface area contributed by atoms with E-state index in [0.29, 0.717) is 11.7 Å². The molecule has 0 unspecified atom stereocenters. The van der Waals surface area contributed by atoms with Gasteiger partial charge in [-0.2, -0.15) is 5.10 Å². The molecule has 4 nitrogen and oxygen atoms in total. The molecule has 24 heavy (non-hydrogen) atoms. The Morgan fingerprint density at radius 3 is 2.92 bits per heavy atom. The number of aliphatic imine (C=N–C) groups is 1. The van der Waals surface area contributed by atoms with Gasteiger partial charge < -0.3 is 0 Å². The molecule has 0 bridgehead atoms. The number of pyridine rings is 1. The number of allylic oxidation sites excluding steroid dienone is 1. The third kappa shape index (κ3) is 3.46. The monoisotopic (exact) mass is 338 g/mol. The van der Waals surface area contributed by atoms with Crippen LogP contribution >= 0.6 is 11.3 Å². The Bertz CT molecular complexity index is 915. The lowest BCUT2D eigenvalue weighted by Crippen LogP contribution is -1.89. The van der Waals surface area contributed by atoms with E-state index in [0.717, 1.165) is 28.1 Å². The summed E-state index contributed by atoms with van der Waals surface area (Å²) in [6.07, 6.45) is 5.11. The van der Waals surface area contributed by atoms with Gasteiger partial charge in [0.25, 0.3) is 0 Å². The van der Waals surface area contributed by atoms with Crippen LogP contribution in [0.5, 0.6) is 0 Å². The first-order valence-corrected chi connectivity index (χ1v) is 8.86. The second-order valence-electron chi connectivity index (χ2n) is 6.47.